The zero-order chi connectivity index (χ0) is 20.7. The maximum absolute atomic E-state index is 13.5. The Kier molecular flexibility index (Phi) is 5.01. The van der Waals surface area contributed by atoms with Crippen molar-refractivity contribution in [3.8, 4) is 22.4 Å². The molecular formula is C25H26FN3O. The molecule has 5 rings (SSSR count). The largest absolute Gasteiger partial charge is 0.380 e. The van der Waals surface area contributed by atoms with Crippen LogP contribution in [0.5, 0.6) is 0 Å². The van der Waals surface area contributed by atoms with Crippen molar-refractivity contribution in [1.29, 1.82) is 0 Å². The number of pyridine rings is 1. The van der Waals surface area contributed by atoms with Gasteiger partial charge in [-0.1, -0.05) is 6.08 Å². The highest BCUT2D eigenvalue weighted by Gasteiger charge is 2.34. The van der Waals surface area contributed by atoms with E-state index in [-0.39, 0.29) is 5.82 Å². The van der Waals surface area contributed by atoms with Crippen LogP contribution >= 0.6 is 0 Å². The number of fused-ring (bicyclic) bond motifs is 1. The molecule has 154 valence electrons. The third kappa shape index (κ3) is 3.38. The van der Waals surface area contributed by atoms with Crippen LogP contribution in [0, 0.1) is 12.7 Å². The first kappa shape index (κ1) is 19.2. The Bertz CT molecular complexity index is 1070. The van der Waals surface area contributed by atoms with E-state index in [1.807, 2.05) is 36.7 Å². The molecule has 0 spiro atoms. The van der Waals surface area contributed by atoms with Crippen LogP contribution < -0.4 is 0 Å². The van der Waals surface area contributed by atoms with Gasteiger partial charge in [0.15, 0.2) is 0 Å². The number of nitrogens with zero attached hydrogens (tertiary/aromatic N) is 2. The molecule has 0 amide bonds. The first-order valence-corrected chi connectivity index (χ1v) is 10.5. The molecule has 1 aromatic carbocycles. The standard InChI is InChI=1S/C25H26FN3O/c1-16-23(19-9-12-29-15-22(30-2)14-21(29)13-19)24(17-7-10-27-11-8-17)25(28-16)18-3-5-20(26)6-4-18/h3-8,10-11,13,21-22,28H,9,12,14-15H2,1-2H3. The van der Waals surface area contributed by atoms with Crippen LogP contribution in [0.15, 0.2) is 54.9 Å². The van der Waals surface area contributed by atoms with E-state index in [0.717, 1.165) is 48.4 Å². The van der Waals surface area contributed by atoms with Crippen molar-refractivity contribution >= 4 is 5.57 Å². The Hall–Kier alpha value is -2.76. The van der Waals surface area contributed by atoms with Crippen LogP contribution in [0.1, 0.15) is 24.1 Å². The van der Waals surface area contributed by atoms with Gasteiger partial charge in [-0.25, -0.2) is 4.39 Å². The second-order valence-electron chi connectivity index (χ2n) is 8.22. The highest BCUT2D eigenvalue weighted by atomic mass is 19.1. The minimum absolute atomic E-state index is 0.225. The van der Waals surface area contributed by atoms with Crippen molar-refractivity contribution in [2.45, 2.75) is 31.9 Å². The molecule has 2 aliphatic heterocycles. The lowest BCUT2D eigenvalue weighted by atomic mass is 9.89. The average Bonchev–Trinajstić information content (AvgIpc) is 3.34. The van der Waals surface area contributed by atoms with Crippen LogP contribution in [-0.2, 0) is 4.74 Å². The molecule has 2 atom stereocenters. The molecule has 4 heterocycles. The number of benzene rings is 1. The number of nitrogens with one attached hydrogen (secondary N) is 1. The van der Waals surface area contributed by atoms with Crippen molar-refractivity contribution < 1.29 is 9.13 Å². The maximum Gasteiger partial charge on any atom is 0.123 e. The van der Waals surface area contributed by atoms with E-state index in [1.165, 1.54) is 28.8 Å². The van der Waals surface area contributed by atoms with Crippen LogP contribution in [0.2, 0.25) is 0 Å². The molecule has 3 aromatic rings. The number of hydrogen-bond acceptors (Lipinski definition) is 3. The number of rotatable bonds is 4. The van der Waals surface area contributed by atoms with E-state index in [4.69, 9.17) is 4.74 Å². The molecule has 2 aliphatic rings. The Labute approximate surface area is 176 Å². The molecule has 0 aliphatic carbocycles. The van der Waals surface area contributed by atoms with Crippen LogP contribution in [0.25, 0.3) is 28.0 Å². The first-order chi connectivity index (χ1) is 14.6. The number of methoxy groups -OCH3 is 1. The molecule has 0 saturated carbocycles. The van der Waals surface area contributed by atoms with E-state index in [1.54, 1.807) is 7.11 Å². The van der Waals surface area contributed by atoms with Gasteiger partial charge in [0.2, 0.25) is 0 Å². The average molecular weight is 404 g/mol. The Morgan fingerprint density at radius 2 is 1.83 bits per heavy atom. The quantitative estimate of drug-likeness (QED) is 0.661. The van der Waals surface area contributed by atoms with Gasteiger partial charge < -0.3 is 9.72 Å². The van der Waals surface area contributed by atoms with Gasteiger partial charge >= 0.3 is 0 Å². The molecule has 1 N–H and O–H groups in total. The van der Waals surface area contributed by atoms with Gasteiger partial charge in [0.05, 0.1) is 11.8 Å². The van der Waals surface area contributed by atoms with Gasteiger partial charge in [0, 0.05) is 55.5 Å². The molecule has 2 unspecified atom stereocenters. The van der Waals surface area contributed by atoms with Crippen LogP contribution in [0.4, 0.5) is 4.39 Å². The van der Waals surface area contributed by atoms with Crippen molar-refractivity contribution in [1.82, 2.24) is 14.9 Å². The van der Waals surface area contributed by atoms with Gasteiger partial charge in [-0.2, -0.15) is 0 Å². The summed E-state index contributed by atoms with van der Waals surface area (Å²) in [7, 11) is 1.81. The third-order valence-corrected chi connectivity index (χ3v) is 6.42. The Morgan fingerprint density at radius 1 is 1.07 bits per heavy atom. The van der Waals surface area contributed by atoms with Gasteiger partial charge in [-0.15, -0.1) is 0 Å². The van der Waals surface area contributed by atoms with Crippen molar-refractivity contribution in [3.63, 3.8) is 0 Å². The van der Waals surface area contributed by atoms with Gasteiger partial charge in [0.25, 0.3) is 0 Å². The lowest BCUT2D eigenvalue weighted by Gasteiger charge is -2.28. The topological polar surface area (TPSA) is 41.1 Å². The Balaban J connectivity index is 1.65. The summed E-state index contributed by atoms with van der Waals surface area (Å²) in [4.78, 5) is 10.3. The van der Waals surface area contributed by atoms with Crippen LogP contribution in [0.3, 0.4) is 0 Å². The normalized spacial score (nSPS) is 21.5. The summed E-state index contributed by atoms with van der Waals surface area (Å²) >= 11 is 0. The summed E-state index contributed by atoms with van der Waals surface area (Å²) in [5.41, 5.74) is 8.08. The number of ether oxygens (including phenoxy) is 1. The highest BCUT2D eigenvalue weighted by Crippen LogP contribution is 2.42. The maximum atomic E-state index is 13.5. The summed E-state index contributed by atoms with van der Waals surface area (Å²) < 4.78 is 19.2. The number of hydrogen-bond donors (Lipinski definition) is 1. The van der Waals surface area contributed by atoms with E-state index in [0.29, 0.717) is 12.1 Å². The van der Waals surface area contributed by atoms with Gasteiger partial charge in [-0.3, -0.25) is 9.88 Å². The van der Waals surface area contributed by atoms with Crippen molar-refractivity contribution in [3.05, 3.63) is 71.9 Å². The van der Waals surface area contributed by atoms with Gasteiger partial charge in [0.1, 0.15) is 5.82 Å². The Morgan fingerprint density at radius 3 is 2.57 bits per heavy atom. The zero-order valence-corrected chi connectivity index (χ0v) is 17.4. The molecular weight excluding hydrogens is 377 g/mol. The van der Waals surface area contributed by atoms with Gasteiger partial charge in [-0.05, 0) is 72.9 Å². The summed E-state index contributed by atoms with van der Waals surface area (Å²) in [5.74, 6) is -0.225. The predicted molar refractivity (Wildman–Crippen MR) is 118 cm³/mol. The van der Waals surface area contributed by atoms with Crippen molar-refractivity contribution in [2.24, 2.45) is 0 Å². The number of H-pyrrole nitrogens is 1. The van der Waals surface area contributed by atoms with E-state index in [2.05, 4.69) is 27.9 Å². The highest BCUT2D eigenvalue weighted by molar-refractivity contribution is 5.92. The van der Waals surface area contributed by atoms with E-state index in [9.17, 15) is 4.39 Å². The molecule has 30 heavy (non-hydrogen) atoms. The molecule has 5 heteroatoms. The number of aromatic amines is 1. The minimum Gasteiger partial charge on any atom is -0.380 e. The number of halogens is 1. The lowest BCUT2D eigenvalue weighted by molar-refractivity contribution is 0.108. The van der Waals surface area contributed by atoms with Crippen molar-refractivity contribution in [2.75, 3.05) is 20.2 Å². The fourth-order valence-electron chi connectivity index (χ4n) is 4.95. The van der Waals surface area contributed by atoms with E-state index < -0.39 is 0 Å². The SMILES string of the molecule is COC1CC2C=C(c3c(C)[nH]c(-c4ccc(F)cc4)c3-c3ccncc3)CCN2C1. The summed E-state index contributed by atoms with van der Waals surface area (Å²) in [6.45, 7) is 4.19. The summed E-state index contributed by atoms with van der Waals surface area (Å²) in [6, 6.07) is 11.2. The first-order valence-electron chi connectivity index (χ1n) is 10.5. The number of aromatic nitrogens is 2. The molecule has 1 saturated heterocycles. The molecule has 0 radical (unpaired) electrons. The fraction of sp³-hybridized carbons (Fsp3) is 0.320. The van der Waals surface area contributed by atoms with E-state index >= 15 is 0 Å². The number of aryl methyl sites for hydroxylation is 1. The zero-order valence-electron chi connectivity index (χ0n) is 17.4. The van der Waals surface area contributed by atoms with Crippen LogP contribution in [-0.4, -0.2) is 47.2 Å². The fourth-order valence-corrected chi connectivity index (χ4v) is 4.95. The minimum atomic E-state index is -0.225. The monoisotopic (exact) mass is 403 g/mol. The summed E-state index contributed by atoms with van der Waals surface area (Å²) in [5, 5.41) is 0. The second kappa shape index (κ2) is 7.82. The molecule has 2 aromatic heterocycles. The second-order valence-corrected chi connectivity index (χ2v) is 8.22. The smallest absolute Gasteiger partial charge is 0.123 e. The summed E-state index contributed by atoms with van der Waals surface area (Å²) in [6.07, 6.45) is 8.44. The predicted octanol–water partition coefficient (Wildman–Crippen LogP) is 5.07. The molecule has 4 nitrogen and oxygen atoms in total. The lowest BCUT2D eigenvalue weighted by Crippen LogP contribution is -2.33. The molecule has 0 bridgehead atoms. The third-order valence-electron chi connectivity index (χ3n) is 6.42. The molecule has 1 fully saturated rings.